The molecular formula is C23H35N6OP. The van der Waals surface area contributed by atoms with Gasteiger partial charge < -0.3 is 26.4 Å². The van der Waals surface area contributed by atoms with Gasteiger partial charge in [-0.3, -0.25) is 9.79 Å². The third-order valence-electron chi connectivity index (χ3n) is 6.17. The predicted octanol–water partition coefficient (Wildman–Crippen LogP) is 2.54. The van der Waals surface area contributed by atoms with E-state index >= 15 is 0 Å². The van der Waals surface area contributed by atoms with Gasteiger partial charge in [-0.15, -0.1) is 0 Å². The molecule has 4 atom stereocenters. The van der Waals surface area contributed by atoms with Gasteiger partial charge in [0, 0.05) is 37.4 Å². The lowest BCUT2D eigenvalue weighted by atomic mass is 9.94. The van der Waals surface area contributed by atoms with Crippen molar-refractivity contribution in [2.75, 3.05) is 18.4 Å². The molecule has 1 fully saturated rings. The largest absolute Gasteiger partial charge is 0.381 e. The molecule has 0 spiro atoms. The second kappa shape index (κ2) is 10.7. The van der Waals surface area contributed by atoms with Gasteiger partial charge in [0.25, 0.3) is 0 Å². The molecule has 0 saturated carbocycles. The molecular weight excluding hydrogens is 407 g/mol. The van der Waals surface area contributed by atoms with Gasteiger partial charge in [-0.1, -0.05) is 31.4 Å². The highest BCUT2D eigenvalue weighted by atomic mass is 31.0. The Hall–Kier alpha value is -2.53. The molecule has 168 valence electrons. The number of nitrogens with zero attached hydrogens (tertiary/aromatic N) is 2. The number of hydrogen-bond donors (Lipinski definition) is 4. The minimum Gasteiger partial charge on any atom is -0.381 e. The van der Waals surface area contributed by atoms with Gasteiger partial charge in [0.1, 0.15) is 0 Å². The highest BCUT2D eigenvalue weighted by Crippen LogP contribution is 2.30. The number of nitrogens with one attached hydrogen (secondary N) is 3. The summed E-state index contributed by atoms with van der Waals surface area (Å²) < 4.78 is 0. The van der Waals surface area contributed by atoms with Gasteiger partial charge in [-0.25, -0.2) is 0 Å². The smallest absolute Gasteiger partial charge is 0.220 e. The van der Waals surface area contributed by atoms with Crippen molar-refractivity contribution in [3.63, 3.8) is 0 Å². The number of benzene rings is 1. The van der Waals surface area contributed by atoms with Crippen LogP contribution in [0.2, 0.25) is 0 Å². The van der Waals surface area contributed by atoms with E-state index in [2.05, 4.69) is 61.5 Å². The standard InChI is InChI=1S/C23H35N6OP/c1-15(21-14-18-8-4-5-9-20(18)27-21)19(10-6-12-25-23(24)28-31)26-16(2)22-11-7-13-29(22)17(3)30/h4-5,8-9,19,21-22,26-27H,1-2,6-7,10-14,31H2,3H3,(H3,24,25,28)/t19-,21?,22?/m0/s1. The normalized spacial score (nSPS) is 21.2. The number of carbonyl (C=O) groups excluding carboxylic acids is 1. The van der Waals surface area contributed by atoms with E-state index in [-0.39, 0.29) is 24.0 Å². The number of rotatable bonds is 9. The van der Waals surface area contributed by atoms with Crippen molar-refractivity contribution in [3.8, 4) is 0 Å². The monoisotopic (exact) mass is 442 g/mol. The lowest BCUT2D eigenvalue weighted by Crippen LogP contribution is -2.43. The average Bonchev–Trinajstić information content (AvgIpc) is 3.42. The van der Waals surface area contributed by atoms with Crippen molar-refractivity contribution in [2.24, 2.45) is 10.7 Å². The van der Waals surface area contributed by atoms with E-state index in [9.17, 15) is 4.79 Å². The first-order chi connectivity index (χ1) is 14.9. The van der Waals surface area contributed by atoms with Crippen LogP contribution in [0.4, 0.5) is 5.69 Å². The van der Waals surface area contributed by atoms with Crippen LogP contribution in [0, 0.1) is 0 Å². The van der Waals surface area contributed by atoms with Crippen LogP contribution in [0.25, 0.3) is 0 Å². The van der Waals surface area contributed by atoms with Crippen LogP contribution in [0.3, 0.4) is 0 Å². The number of likely N-dealkylation sites (tertiary alicyclic amines) is 1. The SMILES string of the molecule is C=C(N[C@@H](CCCN=C(N)NP)C(=C)C1Cc2ccccc2N1)C1CCCN1C(C)=O. The molecule has 7 nitrogen and oxygen atoms in total. The van der Waals surface area contributed by atoms with E-state index in [1.807, 2.05) is 11.0 Å². The lowest BCUT2D eigenvalue weighted by Gasteiger charge is -2.32. The lowest BCUT2D eigenvalue weighted by molar-refractivity contribution is -0.129. The van der Waals surface area contributed by atoms with Crippen LogP contribution in [-0.4, -0.2) is 48.0 Å². The predicted molar refractivity (Wildman–Crippen MR) is 132 cm³/mol. The zero-order valence-electron chi connectivity index (χ0n) is 18.4. The number of fused-ring (bicyclic) bond motifs is 1. The van der Waals surface area contributed by atoms with Crippen molar-refractivity contribution < 1.29 is 4.79 Å². The highest BCUT2D eigenvalue weighted by Gasteiger charge is 2.32. The topological polar surface area (TPSA) is 94.8 Å². The van der Waals surface area contributed by atoms with Gasteiger partial charge in [0.05, 0.1) is 12.1 Å². The molecule has 1 aromatic carbocycles. The van der Waals surface area contributed by atoms with Gasteiger partial charge >= 0.3 is 0 Å². The molecule has 1 aromatic rings. The van der Waals surface area contributed by atoms with Gasteiger partial charge in [0.2, 0.25) is 5.91 Å². The van der Waals surface area contributed by atoms with Gasteiger partial charge in [-0.05, 0) is 58.7 Å². The molecule has 0 radical (unpaired) electrons. The fourth-order valence-electron chi connectivity index (χ4n) is 4.48. The fraction of sp³-hybridized carbons (Fsp3) is 0.478. The van der Waals surface area contributed by atoms with E-state index in [1.165, 1.54) is 11.3 Å². The van der Waals surface area contributed by atoms with Crippen molar-refractivity contribution in [3.05, 3.63) is 54.3 Å². The Morgan fingerprint density at radius 3 is 2.90 bits per heavy atom. The van der Waals surface area contributed by atoms with Crippen LogP contribution in [0.15, 0.2) is 53.7 Å². The number of para-hydroxylation sites is 1. The number of nitrogens with two attached hydrogens (primary N) is 1. The van der Waals surface area contributed by atoms with Crippen LogP contribution < -0.4 is 21.5 Å². The zero-order valence-corrected chi connectivity index (χ0v) is 19.5. The van der Waals surface area contributed by atoms with Gasteiger partial charge in [0.15, 0.2) is 5.96 Å². The molecule has 2 aliphatic rings. The highest BCUT2D eigenvalue weighted by molar-refractivity contribution is 7.15. The summed E-state index contributed by atoms with van der Waals surface area (Å²) in [6.45, 7) is 11.8. The maximum absolute atomic E-state index is 12.0. The van der Waals surface area contributed by atoms with Crippen molar-refractivity contribution in [1.82, 2.24) is 15.3 Å². The summed E-state index contributed by atoms with van der Waals surface area (Å²) in [5.41, 5.74) is 10.2. The Kier molecular flexibility index (Phi) is 7.97. The zero-order chi connectivity index (χ0) is 22.4. The second-order valence-corrected chi connectivity index (χ2v) is 8.57. The van der Waals surface area contributed by atoms with Crippen LogP contribution in [0.1, 0.15) is 38.2 Å². The van der Waals surface area contributed by atoms with Crippen molar-refractivity contribution in [1.29, 1.82) is 0 Å². The van der Waals surface area contributed by atoms with E-state index in [1.54, 1.807) is 6.92 Å². The summed E-state index contributed by atoms with van der Waals surface area (Å²) in [4.78, 5) is 18.2. The summed E-state index contributed by atoms with van der Waals surface area (Å²) in [5, 5.41) is 10.00. The molecule has 0 aliphatic carbocycles. The average molecular weight is 443 g/mol. The Bertz CT molecular complexity index is 829. The fourth-order valence-corrected chi connectivity index (χ4v) is 4.57. The molecule has 3 unspecified atom stereocenters. The van der Waals surface area contributed by atoms with Crippen molar-refractivity contribution >= 4 is 26.9 Å². The molecule has 2 heterocycles. The Balaban J connectivity index is 1.68. The molecule has 1 amide bonds. The molecule has 8 heteroatoms. The Morgan fingerprint density at radius 1 is 1.42 bits per heavy atom. The molecule has 1 saturated heterocycles. The summed E-state index contributed by atoms with van der Waals surface area (Å²) in [7, 11) is 2.35. The maximum Gasteiger partial charge on any atom is 0.220 e. The number of amides is 1. The number of anilines is 1. The Labute approximate surface area is 187 Å². The number of carbonyl (C=O) groups is 1. The third kappa shape index (κ3) is 5.79. The molecule has 3 rings (SSSR count). The van der Waals surface area contributed by atoms with Gasteiger partial charge in [-0.2, -0.15) is 0 Å². The third-order valence-corrected chi connectivity index (χ3v) is 6.46. The first kappa shape index (κ1) is 23.1. The summed E-state index contributed by atoms with van der Waals surface area (Å²) >= 11 is 0. The Morgan fingerprint density at radius 2 is 2.19 bits per heavy atom. The summed E-state index contributed by atoms with van der Waals surface area (Å²) in [6, 6.07) is 8.63. The summed E-state index contributed by atoms with van der Waals surface area (Å²) in [6.07, 6.45) is 4.58. The quantitative estimate of drug-likeness (QED) is 0.155. The summed E-state index contributed by atoms with van der Waals surface area (Å²) in [5.74, 6) is 0.511. The first-order valence-electron chi connectivity index (χ1n) is 10.9. The minimum absolute atomic E-state index is 0.0362. The molecule has 0 bridgehead atoms. The van der Waals surface area contributed by atoms with E-state index in [0.29, 0.717) is 12.5 Å². The van der Waals surface area contributed by atoms with Crippen LogP contribution in [-0.2, 0) is 11.2 Å². The van der Waals surface area contributed by atoms with Crippen LogP contribution in [0.5, 0.6) is 0 Å². The number of hydrogen-bond acceptors (Lipinski definition) is 4. The van der Waals surface area contributed by atoms with E-state index in [0.717, 1.165) is 49.9 Å². The molecule has 31 heavy (non-hydrogen) atoms. The first-order valence-corrected chi connectivity index (χ1v) is 11.5. The van der Waals surface area contributed by atoms with Crippen molar-refractivity contribution in [2.45, 2.75) is 57.2 Å². The van der Waals surface area contributed by atoms with Crippen LogP contribution >= 0.6 is 9.39 Å². The molecule has 2 aliphatic heterocycles. The second-order valence-electron chi connectivity index (χ2n) is 8.28. The number of aliphatic imine (C=N–C) groups is 1. The van der Waals surface area contributed by atoms with E-state index in [4.69, 9.17) is 5.73 Å². The van der Waals surface area contributed by atoms with E-state index < -0.39 is 0 Å². The molecule has 0 aromatic heterocycles. The minimum atomic E-state index is 0.0362. The number of guanidine groups is 1. The maximum atomic E-state index is 12.0. The molecule has 5 N–H and O–H groups in total.